The Hall–Kier alpha value is -3.21. The van der Waals surface area contributed by atoms with E-state index in [1.807, 2.05) is 18.2 Å². The second-order valence-corrected chi connectivity index (χ2v) is 4.77. The quantitative estimate of drug-likeness (QED) is 0.584. The molecule has 0 aliphatic rings. The van der Waals surface area contributed by atoms with Crippen molar-refractivity contribution in [3.63, 3.8) is 0 Å². The highest BCUT2D eigenvalue weighted by molar-refractivity contribution is 5.85. The number of rotatable bonds is 3. The molecule has 0 spiro atoms. The van der Waals surface area contributed by atoms with Crippen LogP contribution >= 0.6 is 0 Å². The van der Waals surface area contributed by atoms with Gasteiger partial charge in [-0.1, -0.05) is 36.4 Å². The molecule has 0 amide bonds. The lowest BCUT2D eigenvalue weighted by atomic mass is 10.1. The zero-order valence-electron chi connectivity index (χ0n) is 11.5. The van der Waals surface area contributed by atoms with E-state index in [9.17, 15) is 15.2 Å². The molecule has 0 saturated carbocycles. The lowest BCUT2D eigenvalue weighted by molar-refractivity contribution is -0.384. The van der Waals surface area contributed by atoms with Gasteiger partial charge in [-0.25, -0.2) is 4.98 Å². The molecule has 0 radical (unpaired) electrons. The summed E-state index contributed by atoms with van der Waals surface area (Å²) >= 11 is 0. The lowest BCUT2D eigenvalue weighted by Gasteiger charge is -2.01. The Balaban J connectivity index is 1.94. The summed E-state index contributed by atoms with van der Waals surface area (Å²) in [5.41, 5.74) is 1.96. The number of nitro benzene ring substituents is 1. The number of fused-ring (bicyclic) bond motifs is 1. The summed E-state index contributed by atoms with van der Waals surface area (Å²) in [4.78, 5) is 14.7. The van der Waals surface area contributed by atoms with Gasteiger partial charge >= 0.3 is 0 Å². The number of pyridine rings is 1. The van der Waals surface area contributed by atoms with Crippen LogP contribution in [0.4, 0.5) is 5.69 Å². The first-order chi connectivity index (χ1) is 10.6. The molecule has 0 bridgehead atoms. The number of aromatic hydroxyl groups is 1. The summed E-state index contributed by atoms with van der Waals surface area (Å²) in [6.07, 6.45) is 3.51. The molecule has 0 fully saturated rings. The van der Waals surface area contributed by atoms with E-state index >= 15 is 0 Å². The highest BCUT2D eigenvalue weighted by Gasteiger charge is 2.04. The van der Waals surface area contributed by atoms with Crippen LogP contribution < -0.4 is 0 Å². The minimum absolute atomic E-state index is 0.0475. The Bertz CT molecular complexity index is 888. The summed E-state index contributed by atoms with van der Waals surface area (Å²) < 4.78 is 0. The minimum atomic E-state index is -0.427. The number of nitro groups is 1. The fraction of sp³-hybridized carbons (Fsp3) is 0. The number of hydrogen-bond donors (Lipinski definition) is 1. The van der Waals surface area contributed by atoms with Crippen LogP contribution in [0, 0.1) is 10.1 Å². The second-order valence-electron chi connectivity index (χ2n) is 4.77. The van der Waals surface area contributed by atoms with Crippen molar-refractivity contribution in [3.8, 4) is 5.75 Å². The zero-order valence-corrected chi connectivity index (χ0v) is 11.5. The fourth-order valence-corrected chi connectivity index (χ4v) is 2.16. The monoisotopic (exact) mass is 292 g/mol. The topological polar surface area (TPSA) is 76.3 Å². The van der Waals surface area contributed by atoms with Gasteiger partial charge in [0.15, 0.2) is 0 Å². The maximum atomic E-state index is 10.8. The molecule has 0 aliphatic heterocycles. The number of phenols is 1. The van der Waals surface area contributed by atoms with Gasteiger partial charge in [0.1, 0.15) is 11.3 Å². The molecule has 0 aliphatic carbocycles. The molecular formula is C17H12N2O3. The van der Waals surface area contributed by atoms with Crippen LogP contribution in [0.5, 0.6) is 5.75 Å². The number of non-ortho nitro benzene ring substituents is 1. The second kappa shape index (κ2) is 5.65. The van der Waals surface area contributed by atoms with Crippen LogP contribution in [0.2, 0.25) is 0 Å². The van der Waals surface area contributed by atoms with Crippen molar-refractivity contribution in [1.29, 1.82) is 0 Å². The Morgan fingerprint density at radius 1 is 1.05 bits per heavy atom. The van der Waals surface area contributed by atoms with Crippen molar-refractivity contribution in [2.45, 2.75) is 0 Å². The summed E-state index contributed by atoms with van der Waals surface area (Å²) in [7, 11) is 0. The van der Waals surface area contributed by atoms with E-state index in [0.717, 1.165) is 5.39 Å². The largest absolute Gasteiger partial charge is 0.506 e. The van der Waals surface area contributed by atoms with E-state index in [0.29, 0.717) is 16.8 Å². The molecule has 1 N–H and O–H groups in total. The van der Waals surface area contributed by atoms with Crippen LogP contribution in [0.3, 0.4) is 0 Å². The van der Waals surface area contributed by atoms with E-state index in [1.165, 1.54) is 12.1 Å². The van der Waals surface area contributed by atoms with Crippen molar-refractivity contribution >= 4 is 28.7 Å². The predicted molar refractivity (Wildman–Crippen MR) is 85.4 cm³/mol. The van der Waals surface area contributed by atoms with Crippen molar-refractivity contribution in [2.24, 2.45) is 0 Å². The summed E-state index contributed by atoms with van der Waals surface area (Å²) in [6, 6.07) is 15.3. The molecule has 5 nitrogen and oxygen atoms in total. The number of phenolic OH excluding ortho intramolecular Hbond substituents is 1. The Labute approximate surface area is 126 Å². The van der Waals surface area contributed by atoms with Crippen molar-refractivity contribution in [2.75, 3.05) is 0 Å². The van der Waals surface area contributed by atoms with E-state index in [1.54, 1.807) is 36.4 Å². The van der Waals surface area contributed by atoms with E-state index in [2.05, 4.69) is 4.98 Å². The standard InChI is InChI=1S/C17H12N2O3/c20-16-6-2-4-13-8-10-14(18-17(13)16)9-7-12-3-1-5-15(11-12)19(21)22/h1-11,20H/b9-7+. The van der Waals surface area contributed by atoms with Gasteiger partial charge in [0.2, 0.25) is 0 Å². The number of benzene rings is 2. The van der Waals surface area contributed by atoms with Crippen LogP contribution in [0.15, 0.2) is 54.6 Å². The van der Waals surface area contributed by atoms with Crippen LogP contribution in [0.25, 0.3) is 23.1 Å². The SMILES string of the molecule is O=[N+]([O-])c1cccc(/C=C/c2ccc3cccc(O)c3n2)c1. The molecule has 3 aromatic rings. The molecule has 3 rings (SSSR count). The predicted octanol–water partition coefficient (Wildman–Crippen LogP) is 4.02. The molecule has 0 unspecified atom stereocenters. The van der Waals surface area contributed by atoms with Crippen molar-refractivity contribution in [3.05, 3.63) is 76.0 Å². The van der Waals surface area contributed by atoms with Gasteiger partial charge < -0.3 is 5.11 Å². The average Bonchev–Trinajstić information content (AvgIpc) is 2.54. The van der Waals surface area contributed by atoms with E-state index < -0.39 is 4.92 Å². The number of aromatic nitrogens is 1. The van der Waals surface area contributed by atoms with Crippen molar-refractivity contribution < 1.29 is 10.0 Å². The number of para-hydroxylation sites is 1. The first-order valence-corrected chi connectivity index (χ1v) is 6.65. The van der Waals surface area contributed by atoms with Gasteiger partial charge in [0, 0.05) is 17.5 Å². The third-order valence-corrected chi connectivity index (χ3v) is 3.25. The van der Waals surface area contributed by atoms with E-state index in [-0.39, 0.29) is 11.4 Å². The molecule has 22 heavy (non-hydrogen) atoms. The molecular weight excluding hydrogens is 280 g/mol. The van der Waals surface area contributed by atoms with Gasteiger partial charge in [-0.05, 0) is 23.8 Å². The Morgan fingerprint density at radius 2 is 1.86 bits per heavy atom. The Kier molecular flexibility index (Phi) is 3.53. The highest BCUT2D eigenvalue weighted by Crippen LogP contribution is 2.23. The normalized spacial score (nSPS) is 11.1. The third-order valence-electron chi connectivity index (χ3n) is 3.25. The zero-order chi connectivity index (χ0) is 15.5. The van der Waals surface area contributed by atoms with Gasteiger partial charge in [-0.3, -0.25) is 10.1 Å². The molecule has 5 heteroatoms. The van der Waals surface area contributed by atoms with Gasteiger partial charge in [-0.2, -0.15) is 0 Å². The third kappa shape index (κ3) is 2.78. The molecule has 0 atom stereocenters. The maximum Gasteiger partial charge on any atom is 0.270 e. The maximum absolute atomic E-state index is 10.8. The smallest absolute Gasteiger partial charge is 0.270 e. The summed E-state index contributed by atoms with van der Waals surface area (Å²) in [5, 5.41) is 21.4. The van der Waals surface area contributed by atoms with Gasteiger partial charge in [-0.15, -0.1) is 0 Å². The Morgan fingerprint density at radius 3 is 2.68 bits per heavy atom. The molecule has 2 aromatic carbocycles. The van der Waals surface area contributed by atoms with Crippen LogP contribution in [-0.2, 0) is 0 Å². The minimum Gasteiger partial charge on any atom is -0.506 e. The summed E-state index contributed by atoms with van der Waals surface area (Å²) in [5.74, 6) is 0.128. The molecule has 108 valence electrons. The fourth-order valence-electron chi connectivity index (χ4n) is 2.16. The van der Waals surface area contributed by atoms with Gasteiger partial charge in [0.05, 0.1) is 10.6 Å². The molecule has 0 saturated heterocycles. The van der Waals surface area contributed by atoms with Crippen LogP contribution in [-0.4, -0.2) is 15.0 Å². The number of hydrogen-bond acceptors (Lipinski definition) is 4. The summed E-state index contributed by atoms with van der Waals surface area (Å²) in [6.45, 7) is 0. The van der Waals surface area contributed by atoms with Crippen LogP contribution in [0.1, 0.15) is 11.3 Å². The first kappa shape index (κ1) is 13.8. The first-order valence-electron chi connectivity index (χ1n) is 6.65. The average molecular weight is 292 g/mol. The number of nitrogens with zero attached hydrogens (tertiary/aromatic N) is 2. The molecule has 1 heterocycles. The van der Waals surface area contributed by atoms with E-state index in [4.69, 9.17) is 0 Å². The van der Waals surface area contributed by atoms with Gasteiger partial charge in [0.25, 0.3) is 5.69 Å². The highest BCUT2D eigenvalue weighted by atomic mass is 16.6. The molecule has 1 aromatic heterocycles. The van der Waals surface area contributed by atoms with Crippen molar-refractivity contribution in [1.82, 2.24) is 4.98 Å². The lowest BCUT2D eigenvalue weighted by Crippen LogP contribution is -1.87.